The summed E-state index contributed by atoms with van der Waals surface area (Å²) in [6, 6.07) is 19.2. The highest BCUT2D eigenvalue weighted by Gasteiger charge is 2.17. The van der Waals surface area contributed by atoms with Crippen molar-refractivity contribution in [3.05, 3.63) is 96.1 Å². The molecular formula is C30H33N3O5. The second kappa shape index (κ2) is 13.6. The van der Waals surface area contributed by atoms with Crippen molar-refractivity contribution in [1.82, 2.24) is 0 Å². The number of nitrogens with zero attached hydrogens (tertiary/aromatic N) is 1. The van der Waals surface area contributed by atoms with Crippen LogP contribution in [0.2, 0.25) is 0 Å². The van der Waals surface area contributed by atoms with E-state index in [1.165, 1.54) is 7.11 Å². The Bertz CT molecular complexity index is 1290. The van der Waals surface area contributed by atoms with Crippen LogP contribution < -0.4 is 20.3 Å². The molecule has 0 radical (unpaired) electrons. The van der Waals surface area contributed by atoms with Crippen LogP contribution in [-0.4, -0.2) is 38.2 Å². The molecule has 2 N–H and O–H groups in total. The van der Waals surface area contributed by atoms with Gasteiger partial charge in [-0.05, 0) is 79.9 Å². The van der Waals surface area contributed by atoms with Crippen LogP contribution in [0.25, 0.3) is 0 Å². The zero-order valence-corrected chi connectivity index (χ0v) is 22.0. The number of nitrogens with one attached hydrogen (secondary N) is 2. The summed E-state index contributed by atoms with van der Waals surface area (Å²) in [6.45, 7) is 8.06. The zero-order chi connectivity index (χ0) is 27.5. The van der Waals surface area contributed by atoms with Crippen LogP contribution >= 0.6 is 0 Å². The number of benzene rings is 3. The molecule has 0 unspecified atom stereocenters. The van der Waals surface area contributed by atoms with Crippen molar-refractivity contribution in [2.75, 3.05) is 35.8 Å². The third-order valence-corrected chi connectivity index (χ3v) is 5.89. The predicted molar refractivity (Wildman–Crippen MR) is 150 cm³/mol. The average Bonchev–Trinajstić information content (AvgIpc) is 2.92. The molecule has 0 aliphatic heterocycles. The van der Waals surface area contributed by atoms with Gasteiger partial charge in [-0.2, -0.15) is 0 Å². The molecule has 0 saturated heterocycles. The summed E-state index contributed by atoms with van der Waals surface area (Å²) >= 11 is 0. The second-order valence-corrected chi connectivity index (χ2v) is 8.63. The minimum absolute atomic E-state index is 0.0630. The van der Waals surface area contributed by atoms with Gasteiger partial charge in [-0.15, -0.1) is 6.58 Å². The van der Waals surface area contributed by atoms with Crippen LogP contribution in [-0.2, 0) is 9.53 Å². The Morgan fingerprint density at radius 3 is 2.24 bits per heavy atom. The number of methoxy groups -OCH3 is 1. The van der Waals surface area contributed by atoms with E-state index >= 15 is 0 Å². The molecule has 0 fully saturated rings. The van der Waals surface area contributed by atoms with E-state index in [0.29, 0.717) is 42.1 Å². The van der Waals surface area contributed by atoms with Gasteiger partial charge in [0, 0.05) is 23.5 Å². The minimum atomic E-state index is -0.420. The average molecular weight is 516 g/mol. The fraction of sp³-hybridized carbons (Fsp3) is 0.233. The van der Waals surface area contributed by atoms with E-state index in [1.54, 1.807) is 47.4 Å². The number of allylic oxidation sites excluding steroid dienone is 1. The Morgan fingerprint density at radius 1 is 0.921 bits per heavy atom. The minimum Gasteiger partial charge on any atom is -0.492 e. The number of carbonyl (C=O) groups is 3. The van der Waals surface area contributed by atoms with E-state index in [4.69, 9.17) is 9.47 Å². The number of para-hydroxylation sites is 1. The van der Waals surface area contributed by atoms with Gasteiger partial charge in [0.2, 0.25) is 5.91 Å². The highest BCUT2D eigenvalue weighted by molar-refractivity contribution is 6.01. The van der Waals surface area contributed by atoms with Gasteiger partial charge in [-0.25, -0.2) is 9.59 Å². The summed E-state index contributed by atoms with van der Waals surface area (Å²) in [4.78, 5) is 38.8. The molecule has 0 spiro atoms. The lowest BCUT2D eigenvalue weighted by atomic mass is 10.1. The lowest BCUT2D eigenvalue weighted by Gasteiger charge is -2.24. The molecule has 0 aliphatic rings. The molecule has 3 rings (SSSR count). The first-order valence-corrected chi connectivity index (χ1v) is 12.3. The van der Waals surface area contributed by atoms with Crippen molar-refractivity contribution in [1.29, 1.82) is 0 Å². The molecular weight excluding hydrogens is 482 g/mol. The molecule has 0 saturated carbocycles. The Kier molecular flexibility index (Phi) is 10.0. The van der Waals surface area contributed by atoms with Crippen LogP contribution in [0.3, 0.4) is 0 Å². The number of urea groups is 1. The van der Waals surface area contributed by atoms with Crippen molar-refractivity contribution in [2.24, 2.45) is 0 Å². The maximum absolute atomic E-state index is 13.0. The quantitative estimate of drug-likeness (QED) is 0.237. The number of ether oxygens (including phenoxy) is 2. The number of rotatable bonds is 11. The predicted octanol–water partition coefficient (Wildman–Crippen LogP) is 6.11. The fourth-order valence-electron chi connectivity index (χ4n) is 3.76. The molecule has 0 aliphatic carbocycles. The van der Waals surface area contributed by atoms with Gasteiger partial charge in [0.25, 0.3) is 0 Å². The number of hydrogen-bond acceptors (Lipinski definition) is 5. The monoisotopic (exact) mass is 515 g/mol. The lowest BCUT2D eigenvalue weighted by molar-refractivity contribution is -0.118. The van der Waals surface area contributed by atoms with Crippen LogP contribution in [0.4, 0.5) is 21.9 Å². The summed E-state index contributed by atoms with van der Waals surface area (Å²) in [5.74, 6) is 0.0926. The van der Waals surface area contributed by atoms with E-state index in [9.17, 15) is 14.4 Å². The first-order chi connectivity index (χ1) is 18.3. The first kappa shape index (κ1) is 28.0. The summed E-state index contributed by atoms with van der Waals surface area (Å²) in [5.41, 5.74) is 4.27. The molecule has 0 aromatic heterocycles. The summed E-state index contributed by atoms with van der Waals surface area (Å²) < 4.78 is 10.5. The Morgan fingerprint density at radius 2 is 1.61 bits per heavy atom. The first-order valence-electron chi connectivity index (χ1n) is 12.3. The fourth-order valence-corrected chi connectivity index (χ4v) is 3.76. The molecule has 198 valence electrons. The maximum Gasteiger partial charge on any atom is 0.337 e. The van der Waals surface area contributed by atoms with Crippen molar-refractivity contribution in [2.45, 2.75) is 26.7 Å². The third-order valence-electron chi connectivity index (χ3n) is 5.89. The van der Waals surface area contributed by atoms with Gasteiger partial charge in [0.05, 0.1) is 19.2 Å². The molecule has 3 aromatic carbocycles. The Labute approximate surface area is 223 Å². The summed E-state index contributed by atoms with van der Waals surface area (Å²) in [6.07, 6.45) is 2.58. The van der Waals surface area contributed by atoms with E-state index in [2.05, 4.69) is 17.2 Å². The normalized spacial score (nSPS) is 10.3. The van der Waals surface area contributed by atoms with Gasteiger partial charge < -0.3 is 25.0 Å². The summed E-state index contributed by atoms with van der Waals surface area (Å²) in [5, 5.41) is 5.73. The van der Waals surface area contributed by atoms with Gasteiger partial charge in [-0.3, -0.25) is 4.79 Å². The molecule has 0 atom stereocenters. The topological polar surface area (TPSA) is 97.0 Å². The number of hydrogen-bond donors (Lipinski definition) is 2. The van der Waals surface area contributed by atoms with E-state index in [0.717, 1.165) is 16.8 Å². The number of aryl methyl sites for hydroxylation is 2. The van der Waals surface area contributed by atoms with Crippen LogP contribution in [0.5, 0.6) is 5.75 Å². The second-order valence-electron chi connectivity index (χ2n) is 8.63. The van der Waals surface area contributed by atoms with Crippen molar-refractivity contribution in [3.63, 3.8) is 0 Å². The number of esters is 1. The molecule has 38 heavy (non-hydrogen) atoms. The van der Waals surface area contributed by atoms with Crippen LogP contribution in [0.1, 0.15) is 34.3 Å². The third kappa shape index (κ3) is 7.70. The number of anilines is 3. The Balaban J connectivity index is 1.68. The Hall–Kier alpha value is -4.59. The van der Waals surface area contributed by atoms with E-state index < -0.39 is 5.97 Å². The van der Waals surface area contributed by atoms with Crippen molar-refractivity contribution in [3.8, 4) is 5.75 Å². The SMILES string of the molecule is C=CCCC(=O)N(CCOc1ccc(C(=O)OC)cc1)c1ccc(NC(=O)Nc2ccccc2C)c(C)c1. The standard InChI is InChI=1S/C30H33N3O5/c1-5-6-11-28(34)33(18-19-38-25-15-12-23(13-16-25)29(35)37-4)24-14-17-27(22(3)20-24)32-30(36)31-26-10-8-7-9-21(26)2/h5,7-10,12-17,20H,1,6,11,18-19H2,2-4H3,(H2,31,32,36). The van der Waals surface area contributed by atoms with Gasteiger partial charge in [-0.1, -0.05) is 24.3 Å². The molecule has 3 amide bonds. The van der Waals surface area contributed by atoms with Crippen molar-refractivity contribution < 1.29 is 23.9 Å². The van der Waals surface area contributed by atoms with E-state index in [-0.39, 0.29) is 18.5 Å². The smallest absolute Gasteiger partial charge is 0.337 e. The molecule has 8 nitrogen and oxygen atoms in total. The molecule has 0 heterocycles. The molecule has 8 heteroatoms. The van der Waals surface area contributed by atoms with Gasteiger partial charge in [0.15, 0.2) is 0 Å². The maximum atomic E-state index is 13.0. The summed E-state index contributed by atoms with van der Waals surface area (Å²) in [7, 11) is 1.33. The largest absolute Gasteiger partial charge is 0.492 e. The van der Waals surface area contributed by atoms with Crippen LogP contribution in [0, 0.1) is 13.8 Å². The van der Waals surface area contributed by atoms with E-state index in [1.807, 2.05) is 44.2 Å². The van der Waals surface area contributed by atoms with Gasteiger partial charge in [0.1, 0.15) is 12.4 Å². The number of amides is 3. The van der Waals surface area contributed by atoms with Crippen LogP contribution in [0.15, 0.2) is 79.4 Å². The molecule has 3 aromatic rings. The van der Waals surface area contributed by atoms with Gasteiger partial charge >= 0.3 is 12.0 Å². The molecule has 0 bridgehead atoms. The highest BCUT2D eigenvalue weighted by atomic mass is 16.5. The lowest BCUT2D eigenvalue weighted by Crippen LogP contribution is -2.34. The van der Waals surface area contributed by atoms with Crippen molar-refractivity contribution >= 4 is 35.0 Å². The number of carbonyl (C=O) groups excluding carboxylic acids is 3. The zero-order valence-electron chi connectivity index (χ0n) is 22.0. The highest BCUT2D eigenvalue weighted by Crippen LogP contribution is 2.24.